The van der Waals surface area contributed by atoms with E-state index in [1.165, 1.54) is 23.4 Å². The van der Waals surface area contributed by atoms with Crippen molar-refractivity contribution in [1.82, 2.24) is 10.3 Å². The van der Waals surface area contributed by atoms with Crippen LogP contribution in [0.3, 0.4) is 0 Å². The summed E-state index contributed by atoms with van der Waals surface area (Å²) in [4.78, 5) is 4.61. The molecule has 2 rings (SSSR count). The van der Waals surface area contributed by atoms with E-state index in [4.69, 9.17) is 0 Å². The first kappa shape index (κ1) is 8.70. The average Bonchev–Trinajstić information content (AvgIpc) is 2.62. The van der Waals surface area contributed by atoms with Crippen LogP contribution in [-0.4, -0.2) is 18.1 Å². The maximum Gasteiger partial charge on any atom is 0.0451 e. The number of hydrogen-bond donors (Lipinski definition) is 1. The highest BCUT2D eigenvalue weighted by Gasteiger charge is 2.17. The summed E-state index contributed by atoms with van der Waals surface area (Å²) in [6, 6.07) is 4.34. The van der Waals surface area contributed by atoms with Gasteiger partial charge in [0.25, 0.3) is 0 Å². The molecule has 1 unspecified atom stereocenters. The summed E-state index contributed by atoms with van der Waals surface area (Å²) in [5, 5.41) is 3.36. The number of pyridine rings is 1. The highest BCUT2D eigenvalue weighted by molar-refractivity contribution is 5.23. The number of hydrogen-bond acceptors (Lipinski definition) is 2. The zero-order valence-corrected chi connectivity index (χ0v) is 8.30. The molecule has 0 aliphatic carbocycles. The van der Waals surface area contributed by atoms with Crippen LogP contribution in [-0.2, 0) is 0 Å². The van der Waals surface area contributed by atoms with Gasteiger partial charge in [-0.05, 0) is 38.4 Å². The Hall–Kier alpha value is -0.890. The van der Waals surface area contributed by atoms with Crippen molar-refractivity contribution in [1.29, 1.82) is 0 Å². The van der Waals surface area contributed by atoms with E-state index < -0.39 is 0 Å². The molecule has 0 spiro atoms. The molecular formula is C11H16N2. The van der Waals surface area contributed by atoms with Gasteiger partial charge in [0.2, 0.25) is 0 Å². The first-order chi connectivity index (χ1) is 6.27. The molecule has 1 aliphatic rings. The van der Waals surface area contributed by atoms with E-state index in [1.807, 2.05) is 0 Å². The number of aromatic nitrogens is 1. The fourth-order valence-electron chi connectivity index (χ4n) is 1.78. The van der Waals surface area contributed by atoms with Gasteiger partial charge in [-0.1, -0.05) is 6.07 Å². The molecule has 70 valence electrons. The zero-order chi connectivity index (χ0) is 9.26. The van der Waals surface area contributed by atoms with E-state index in [1.54, 1.807) is 0 Å². The van der Waals surface area contributed by atoms with Gasteiger partial charge in [0.15, 0.2) is 0 Å². The van der Waals surface area contributed by atoms with E-state index >= 15 is 0 Å². The van der Waals surface area contributed by atoms with Crippen LogP contribution in [0.1, 0.15) is 29.3 Å². The molecule has 13 heavy (non-hydrogen) atoms. The molecule has 0 radical (unpaired) electrons. The summed E-state index contributed by atoms with van der Waals surface area (Å²) in [6.07, 6.45) is 1.23. The first-order valence-corrected chi connectivity index (χ1v) is 4.92. The fourth-order valence-corrected chi connectivity index (χ4v) is 1.78. The van der Waals surface area contributed by atoms with Crippen molar-refractivity contribution in [2.45, 2.75) is 26.2 Å². The van der Waals surface area contributed by atoms with Crippen LogP contribution in [0.15, 0.2) is 12.1 Å². The van der Waals surface area contributed by atoms with Gasteiger partial charge in [0.05, 0.1) is 0 Å². The van der Waals surface area contributed by atoms with Crippen LogP contribution in [0, 0.1) is 13.8 Å². The van der Waals surface area contributed by atoms with E-state index in [9.17, 15) is 0 Å². The predicted octanol–water partition coefficient (Wildman–Crippen LogP) is 1.78. The molecule has 0 aromatic carbocycles. The van der Waals surface area contributed by atoms with Gasteiger partial charge in [0.1, 0.15) is 0 Å². The molecular weight excluding hydrogens is 160 g/mol. The summed E-state index contributed by atoms with van der Waals surface area (Å²) in [7, 11) is 0. The Kier molecular flexibility index (Phi) is 2.32. The Labute approximate surface area is 79.4 Å². The van der Waals surface area contributed by atoms with Crippen LogP contribution in [0.5, 0.6) is 0 Å². The lowest BCUT2D eigenvalue weighted by Crippen LogP contribution is -2.09. The molecule has 1 N–H and O–H groups in total. The van der Waals surface area contributed by atoms with Gasteiger partial charge in [-0.25, -0.2) is 0 Å². The van der Waals surface area contributed by atoms with Crippen molar-refractivity contribution < 1.29 is 0 Å². The third-order valence-electron chi connectivity index (χ3n) is 2.85. The number of aryl methyl sites for hydroxylation is 2. The lowest BCUT2D eigenvalue weighted by atomic mass is 10.0. The van der Waals surface area contributed by atoms with E-state index in [-0.39, 0.29) is 0 Å². The number of rotatable bonds is 1. The smallest absolute Gasteiger partial charge is 0.0451 e. The average molecular weight is 176 g/mol. The van der Waals surface area contributed by atoms with Crippen molar-refractivity contribution in [2.24, 2.45) is 0 Å². The van der Waals surface area contributed by atoms with E-state index in [2.05, 4.69) is 36.3 Å². The van der Waals surface area contributed by atoms with Crippen molar-refractivity contribution >= 4 is 0 Å². The van der Waals surface area contributed by atoms with E-state index in [0.717, 1.165) is 13.1 Å². The summed E-state index contributed by atoms with van der Waals surface area (Å²) in [5.74, 6) is 0.638. The molecule has 1 atom stereocenters. The molecule has 1 saturated heterocycles. The molecule has 0 bridgehead atoms. The molecule has 2 heterocycles. The monoisotopic (exact) mass is 176 g/mol. The Morgan fingerprint density at radius 1 is 1.38 bits per heavy atom. The number of nitrogens with zero attached hydrogens (tertiary/aromatic N) is 1. The second-order valence-corrected chi connectivity index (χ2v) is 3.83. The van der Waals surface area contributed by atoms with Gasteiger partial charge in [-0.2, -0.15) is 0 Å². The molecule has 1 aromatic rings. The van der Waals surface area contributed by atoms with Crippen LogP contribution < -0.4 is 5.32 Å². The first-order valence-electron chi connectivity index (χ1n) is 4.92. The second-order valence-electron chi connectivity index (χ2n) is 3.83. The maximum atomic E-state index is 4.61. The second kappa shape index (κ2) is 3.46. The van der Waals surface area contributed by atoms with Gasteiger partial charge in [-0.15, -0.1) is 0 Å². The predicted molar refractivity (Wildman–Crippen MR) is 53.9 cm³/mol. The Balaban J connectivity index is 2.25. The number of nitrogens with one attached hydrogen (secondary N) is 1. The van der Waals surface area contributed by atoms with Crippen molar-refractivity contribution in [3.8, 4) is 0 Å². The summed E-state index contributed by atoms with van der Waals surface area (Å²) in [5.41, 5.74) is 3.72. The Bertz CT molecular complexity index is 301. The summed E-state index contributed by atoms with van der Waals surface area (Å²) >= 11 is 0. The third-order valence-corrected chi connectivity index (χ3v) is 2.85. The topological polar surface area (TPSA) is 24.9 Å². The molecule has 2 nitrogen and oxygen atoms in total. The highest BCUT2D eigenvalue weighted by atomic mass is 14.9. The molecule has 0 amide bonds. The van der Waals surface area contributed by atoms with Crippen molar-refractivity contribution in [3.63, 3.8) is 0 Å². The minimum atomic E-state index is 0.638. The van der Waals surface area contributed by atoms with Crippen LogP contribution in [0.25, 0.3) is 0 Å². The lowest BCUT2D eigenvalue weighted by Gasteiger charge is -2.09. The standard InChI is InChI=1S/C11H16N2/c1-8-3-4-11(13-9(8)2)10-5-6-12-7-10/h3-4,10,12H,5-7H2,1-2H3. The maximum absolute atomic E-state index is 4.61. The zero-order valence-electron chi connectivity index (χ0n) is 8.30. The van der Waals surface area contributed by atoms with Crippen molar-refractivity contribution in [3.05, 3.63) is 29.1 Å². The normalized spacial score (nSPS) is 22.2. The minimum absolute atomic E-state index is 0.638. The van der Waals surface area contributed by atoms with Gasteiger partial charge in [-0.3, -0.25) is 4.98 Å². The van der Waals surface area contributed by atoms with Crippen LogP contribution in [0.2, 0.25) is 0 Å². The molecule has 1 aromatic heterocycles. The Morgan fingerprint density at radius 3 is 2.85 bits per heavy atom. The molecule has 1 aliphatic heterocycles. The third kappa shape index (κ3) is 1.73. The van der Waals surface area contributed by atoms with Crippen molar-refractivity contribution in [2.75, 3.05) is 13.1 Å². The Morgan fingerprint density at radius 2 is 2.23 bits per heavy atom. The van der Waals surface area contributed by atoms with Gasteiger partial charge >= 0.3 is 0 Å². The molecule has 2 heteroatoms. The SMILES string of the molecule is Cc1ccc(C2CCNC2)nc1C. The largest absolute Gasteiger partial charge is 0.316 e. The minimum Gasteiger partial charge on any atom is -0.316 e. The van der Waals surface area contributed by atoms with Crippen LogP contribution in [0.4, 0.5) is 0 Å². The lowest BCUT2D eigenvalue weighted by molar-refractivity contribution is 0.730. The van der Waals surface area contributed by atoms with Gasteiger partial charge < -0.3 is 5.32 Å². The summed E-state index contributed by atoms with van der Waals surface area (Å²) < 4.78 is 0. The quantitative estimate of drug-likeness (QED) is 0.705. The van der Waals surface area contributed by atoms with Crippen LogP contribution >= 0.6 is 0 Å². The highest BCUT2D eigenvalue weighted by Crippen LogP contribution is 2.21. The van der Waals surface area contributed by atoms with E-state index in [0.29, 0.717) is 5.92 Å². The summed E-state index contributed by atoms with van der Waals surface area (Å²) in [6.45, 7) is 6.43. The molecule has 0 saturated carbocycles. The molecule has 1 fully saturated rings. The van der Waals surface area contributed by atoms with Gasteiger partial charge in [0, 0.05) is 23.9 Å². The fraction of sp³-hybridized carbons (Fsp3) is 0.545.